The van der Waals surface area contributed by atoms with Crippen molar-refractivity contribution in [3.05, 3.63) is 48.0 Å². The first-order valence-corrected chi connectivity index (χ1v) is 6.32. The zero-order valence-corrected chi connectivity index (χ0v) is 11.2. The third kappa shape index (κ3) is 3.40. The summed E-state index contributed by atoms with van der Waals surface area (Å²) in [6, 6.07) is 5.72. The largest absolute Gasteiger partial charge is 0.337 e. The Bertz CT molecular complexity index is 510. The number of H-pyrrole nitrogens is 1. The van der Waals surface area contributed by atoms with Gasteiger partial charge in [-0.25, -0.2) is 0 Å². The van der Waals surface area contributed by atoms with Crippen molar-refractivity contribution >= 4 is 5.91 Å². The average Bonchev–Trinajstić information content (AvgIpc) is 2.97. The van der Waals surface area contributed by atoms with Crippen LogP contribution < -0.4 is 0 Å². The first-order valence-electron chi connectivity index (χ1n) is 6.32. The lowest BCUT2D eigenvalue weighted by molar-refractivity contribution is -0.131. The number of nitrogens with zero attached hydrogens (tertiary/aromatic N) is 3. The second kappa shape index (κ2) is 6.13. The first kappa shape index (κ1) is 13.3. The van der Waals surface area contributed by atoms with Crippen molar-refractivity contribution in [2.45, 2.75) is 25.8 Å². The fourth-order valence-corrected chi connectivity index (χ4v) is 1.88. The third-order valence-corrected chi connectivity index (χ3v) is 3.27. The highest BCUT2D eigenvalue weighted by molar-refractivity contribution is 5.76. The van der Waals surface area contributed by atoms with Gasteiger partial charge in [0.25, 0.3) is 0 Å². The minimum Gasteiger partial charge on any atom is -0.337 e. The van der Waals surface area contributed by atoms with Crippen molar-refractivity contribution in [2.75, 3.05) is 7.05 Å². The van der Waals surface area contributed by atoms with Gasteiger partial charge in [0.2, 0.25) is 5.91 Å². The molecule has 1 N–H and O–H groups in total. The van der Waals surface area contributed by atoms with Gasteiger partial charge in [-0.05, 0) is 31.0 Å². The van der Waals surface area contributed by atoms with Gasteiger partial charge in [0.1, 0.15) is 0 Å². The fraction of sp³-hybridized carbons (Fsp3) is 0.357. The van der Waals surface area contributed by atoms with Gasteiger partial charge in [0.05, 0.1) is 17.9 Å². The Morgan fingerprint density at radius 2 is 2.32 bits per heavy atom. The van der Waals surface area contributed by atoms with Crippen molar-refractivity contribution in [1.82, 2.24) is 20.1 Å². The van der Waals surface area contributed by atoms with Crippen LogP contribution >= 0.6 is 0 Å². The molecule has 5 nitrogen and oxygen atoms in total. The summed E-state index contributed by atoms with van der Waals surface area (Å²) >= 11 is 0. The molecule has 0 aromatic carbocycles. The molecule has 1 unspecified atom stereocenters. The average molecular weight is 258 g/mol. The summed E-state index contributed by atoms with van der Waals surface area (Å²) in [5.41, 5.74) is 1.95. The molecule has 0 aliphatic carbocycles. The van der Waals surface area contributed by atoms with Crippen molar-refractivity contribution in [2.24, 2.45) is 0 Å². The van der Waals surface area contributed by atoms with E-state index in [0.717, 1.165) is 11.3 Å². The zero-order valence-electron chi connectivity index (χ0n) is 11.2. The molecule has 1 amide bonds. The summed E-state index contributed by atoms with van der Waals surface area (Å²) in [5, 5.41) is 6.61. The van der Waals surface area contributed by atoms with Gasteiger partial charge in [-0.3, -0.25) is 14.9 Å². The fourth-order valence-electron chi connectivity index (χ4n) is 1.88. The number of amides is 1. The van der Waals surface area contributed by atoms with E-state index >= 15 is 0 Å². The highest BCUT2D eigenvalue weighted by atomic mass is 16.2. The van der Waals surface area contributed by atoms with Crippen LogP contribution in [0.25, 0.3) is 0 Å². The van der Waals surface area contributed by atoms with Crippen LogP contribution in [-0.4, -0.2) is 33.0 Å². The van der Waals surface area contributed by atoms with Gasteiger partial charge in [-0.1, -0.05) is 6.07 Å². The number of carbonyl (C=O) groups is 1. The summed E-state index contributed by atoms with van der Waals surface area (Å²) < 4.78 is 0. The number of nitrogens with one attached hydrogen (secondary N) is 1. The van der Waals surface area contributed by atoms with Crippen LogP contribution in [0.4, 0.5) is 0 Å². The minimum absolute atomic E-state index is 0.0157. The topological polar surface area (TPSA) is 61.9 Å². The molecular weight excluding hydrogens is 240 g/mol. The number of hydrogen-bond acceptors (Lipinski definition) is 3. The number of hydrogen-bond donors (Lipinski definition) is 1. The maximum atomic E-state index is 12.1. The molecule has 2 aromatic rings. The van der Waals surface area contributed by atoms with Crippen molar-refractivity contribution in [3.63, 3.8) is 0 Å². The van der Waals surface area contributed by atoms with Crippen LogP contribution in [0, 0.1) is 0 Å². The smallest absolute Gasteiger partial charge is 0.223 e. The second-order valence-corrected chi connectivity index (χ2v) is 4.54. The minimum atomic E-state index is -0.0157. The molecule has 0 saturated heterocycles. The number of pyridine rings is 1. The molecule has 0 aliphatic heterocycles. The zero-order chi connectivity index (χ0) is 13.7. The van der Waals surface area contributed by atoms with Gasteiger partial charge < -0.3 is 4.90 Å². The van der Waals surface area contributed by atoms with Crippen LogP contribution in [0.3, 0.4) is 0 Å². The van der Waals surface area contributed by atoms with Crippen LogP contribution in [0.15, 0.2) is 36.8 Å². The summed E-state index contributed by atoms with van der Waals surface area (Å²) in [6.07, 6.45) is 6.49. The molecule has 0 fully saturated rings. The predicted octanol–water partition coefficient (Wildman–Crippen LogP) is 1.96. The Kier molecular flexibility index (Phi) is 4.28. The molecule has 0 bridgehead atoms. The lowest BCUT2D eigenvalue weighted by Crippen LogP contribution is -2.30. The summed E-state index contributed by atoms with van der Waals surface area (Å²) in [6.45, 7) is 1.98. The van der Waals surface area contributed by atoms with Gasteiger partial charge in [-0.15, -0.1) is 0 Å². The quantitative estimate of drug-likeness (QED) is 0.891. The maximum Gasteiger partial charge on any atom is 0.223 e. The lowest BCUT2D eigenvalue weighted by atomic mass is 10.1. The molecule has 2 rings (SSSR count). The number of rotatable bonds is 5. The van der Waals surface area contributed by atoms with Gasteiger partial charge >= 0.3 is 0 Å². The molecule has 5 heteroatoms. The van der Waals surface area contributed by atoms with E-state index in [-0.39, 0.29) is 11.9 Å². The van der Waals surface area contributed by atoms with Gasteiger partial charge in [-0.2, -0.15) is 5.10 Å². The SMILES string of the molecule is CC(c1ccccn1)N(C)C(=O)CCc1cn[nH]c1. The standard InChI is InChI=1S/C14H18N4O/c1-11(13-5-3-4-8-15-13)18(2)14(19)7-6-12-9-16-17-10-12/h3-5,8-11H,6-7H2,1-2H3,(H,16,17). The molecular formula is C14H18N4O. The van der Waals surface area contributed by atoms with E-state index in [2.05, 4.69) is 15.2 Å². The Balaban J connectivity index is 1.91. The summed E-state index contributed by atoms with van der Waals surface area (Å²) in [5.74, 6) is 0.111. The second-order valence-electron chi connectivity index (χ2n) is 4.54. The molecule has 100 valence electrons. The van der Waals surface area contributed by atoms with Crippen molar-refractivity contribution in [1.29, 1.82) is 0 Å². The van der Waals surface area contributed by atoms with Crippen LogP contribution in [0.1, 0.15) is 30.6 Å². The van der Waals surface area contributed by atoms with Crippen LogP contribution in [0.2, 0.25) is 0 Å². The summed E-state index contributed by atoms with van der Waals surface area (Å²) in [4.78, 5) is 18.1. The predicted molar refractivity (Wildman–Crippen MR) is 72.3 cm³/mol. The maximum absolute atomic E-state index is 12.1. The van der Waals surface area contributed by atoms with Crippen LogP contribution in [0.5, 0.6) is 0 Å². The molecule has 2 heterocycles. The Morgan fingerprint density at radius 3 is 2.95 bits per heavy atom. The molecule has 0 aliphatic rings. The molecule has 0 saturated carbocycles. The monoisotopic (exact) mass is 258 g/mol. The van der Waals surface area contributed by atoms with E-state index < -0.39 is 0 Å². The van der Waals surface area contributed by atoms with Crippen molar-refractivity contribution < 1.29 is 4.79 Å². The highest BCUT2D eigenvalue weighted by Crippen LogP contribution is 2.17. The van der Waals surface area contributed by atoms with E-state index in [9.17, 15) is 4.79 Å². The molecule has 0 radical (unpaired) electrons. The van der Waals surface area contributed by atoms with E-state index in [1.54, 1.807) is 17.3 Å². The Labute approximate surface area is 112 Å². The number of aromatic amines is 1. The molecule has 1 atom stereocenters. The van der Waals surface area contributed by atoms with Crippen molar-refractivity contribution in [3.8, 4) is 0 Å². The molecule has 2 aromatic heterocycles. The lowest BCUT2D eigenvalue weighted by Gasteiger charge is -2.24. The van der Waals surface area contributed by atoms with Gasteiger partial charge in [0, 0.05) is 25.9 Å². The van der Waals surface area contributed by atoms with Gasteiger partial charge in [0.15, 0.2) is 0 Å². The first-order chi connectivity index (χ1) is 9.18. The number of aryl methyl sites for hydroxylation is 1. The number of aromatic nitrogens is 3. The number of carbonyl (C=O) groups excluding carboxylic acids is 1. The molecule has 19 heavy (non-hydrogen) atoms. The third-order valence-electron chi connectivity index (χ3n) is 3.27. The van der Waals surface area contributed by atoms with E-state index in [0.29, 0.717) is 12.8 Å². The summed E-state index contributed by atoms with van der Waals surface area (Å²) in [7, 11) is 1.82. The van der Waals surface area contributed by atoms with E-state index in [4.69, 9.17) is 0 Å². The van der Waals surface area contributed by atoms with Crippen LogP contribution in [-0.2, 0) is 11.2 Å². The molecule has 0 spiro atoms. The highest BCUT2D eigenvalue weighted by Gasteiger charge is 2.17. The Morgan fingerprint density at radius 1 is 1.47 bits per heavy atom. The van der Waals surface area contributed by atoms with E-state index in [1.165, 1.54) is 0 Å². The van der Waals surface area contributed by atoms with E-state index in [1.807, 2.05) is 38.4 Å². The normalized spacial score (nSPS) is 12.1. The Hall–Kier alpha value is -2.17.